The number of carboxylic acids is 1. The van der Waals surface area contributed by atoms with E-state index in [2.05, 4.69) is 5.32 Å². The molecule has 2 aromatic rings. The molecule has 1 amide bonds. The van der Waals surface area contributed by atoms with Crippen LogP contribution in [0.1, 0.15) is 48.2 Å². The van der Waals surface area contributed by atoms with E-state index in [0.29, 0.717) is 17.6 Å². The predicted octanol–water partition coefficient (Wildman–Crippen LogP) is 3.42. The molecule has 2 rings (SSSR count). The number of nitrogens with one attached hydrogen (secondary N) is 1. The summed E-state index contributed by atoms with van der Waals surface area (Å²) in [6.45, 7) is 7.60. The molecule has 0 unspecified atom stereocenters. The molecule has 22 heavy (non-hydrogen) atoms. The molecule has 0 aliphatic rings. The fourth-order valence-corrected chi connectivity index (χ4v) is 2.32. The topological polar surface area (TPSA) is 79.5 Å². The van der Waals surface area contributed by atoms with Gasteiger partial charge in [0.05, 0.1) is 5.56 Å². The van der Waals surface area contributed by atoms with Crippen molar-refractivity contribution >= 4 is 22.8 Å². The second-order valence-electron chi connectivity index (χ2n) is 6.31. The Balaban J connectivity index is 2.23. The summed E-state index contributed by atoms with van der Waals surface area (Å²) >= 11 is 0. The number of furan rings is 1. The van der Waals surface area contributed by atoms with Crippen molar-refractivity contribution in [2.75, 3.05) is 0 Å². The molecule has 0 aliphatic heterocycles. The van der Waals surface area contributed by atoms with Gasteiger partial charge in [-0.15, -0.1) is 0 Å². The highest BCUT2D eigenvalue weighted by atomic mass is 16.4. The van der Waals surface area contributed by atoms with Gasteiger partial charge in [-0.05, 0) is 57.4 Å². The Kier molecular flexibility index (Phi) is 4.26. The number of hydrogen-bond acceptors (Lipinski definition) is 3. The fraction of sp³-hybridized carbons (Fsp3) is 0.412. The zero-order valence-electron chi connectivity index (χ0n) is 13.3. The van der Waals surface area contributed by atoms with Crippen LogP contribution in [0.3, 0.4) is 0 Å². The third-order valence-corrected chi connectivity index (χ3v) is 3.85. The normalized spacial score (nSPS) is 11.6. The van der Waals surface area contributed by atoms with Crippen molar-refractivity contribution in [2.45, 2.75) is 46.1 Å². The lowest BCUT2D eigenvalue weighted by atomic mass is 9.97. The maximum absolute atomic E-state index is 12.5. The average molecular weight is 303 g/mol. The molecule has 0 saturated carbocycles. The van der Waals surface area contributed by atoms with E-state index in [-0.39, 0.29) is 12.3 Å². The number of aryl methyl sites for hydroxylation is 2. The van der Waals surface area contributed by atoms with Crippen molar-refractivity contribution < 1.29 is 19.1 Å². The number of fused-ring (bicyclic) bond motifs is 1. The van der Waals surface area contributed by atoms with Crippen molar-refractivity contribution in [3.63, 3.8) is 0 Å². The first-order valence-corrected chi connectivity index (χ1v) is 7.22. The molecule has 2 N–H and O–H groups in total. The van der Waals surface area contributed by atoms with Gasteiger partial charge in [0.15, 0.2) is 0 Å². The molecule has 5 heteroatoms. The largest absolute Gasteiger partial charge is 0.481 e. The van der Waals surface area contributed by atoms with E-state index in [9.17, 15) is 9.59 Å². The molecule has 0 bridgehead atoms. The summed E-state index contributed by atoms with van der Waals surface area (Å²) in [6.07, 6.45) is 1.83. The number of aliphatic carboxylic acids is 1. The van der Waals surface area contributed by atoms with Gasteiger partial charge < -0.3 is 14.8 Å². The molecule has 0 saturated heterocycles. The van der Waals surface area contributed by atoms with Crippen LogP contribution in [-0.4, -0.2) is 22.5 Å². The van der Waals surface area contributed by atoms with E-state index in [1.54, 1.807) is 0 Å². The Morgan fingerprint density at radius 3 is 2.50 bits per heavy atom. The Hall–Kier alpha value is -2.30. The Morgan fingerprint density at radius 2 is 1.86 bits per heavy atom. The summed E-state index contributed by atoms with van der Waals surface area (Å²) in [5.74, 6) is -1.13. The van der Waals surface area contributed by atoms with E-state index in [0.717, 1.165) is 16.5 Å². The van der Waals surface area contributed by atoms with Crippen LogP contribution < -0.4 is 5.32 Å². The van der Waals surface area contributed by atoms with Gasteiger partial charge in [-0.3, -0.25) is 9.59 Å². The van der Waals surface area contributed by atoms with E-state index >= 15 is 0 Å². The number of amides is 1. The quantitative estimate of drug-likeness (QED) is 0.887. The number of rotatable bonds is 5. The van der Waals surface area contributed by atoms with Crippen molar-refractivity contribution in [1.82, 2.24) is 5.32 Å². The van der Waals surface area contributed by atoms with Crippen LogP contribution in [0, 0.1) is 13.8 Å². The van der Waals surface area contributed by atoms with E-state index in [4.69, 9.17) is 9.52 Å². The highest BCUT2D eigenvalue weighted by molar-refractivity contribution is 6.06. The summed E-state index contributed by atoms with van der Waals surface area (Å²) in [5, 5.41) is 12.4. The average Bonchev–Trinajstić information content (AvgIpc) is 2.79. The van der Waals surface area contributed by atoms with Gasteiger partial charge in [0.2, 0.25) is 0 Å². The molecule has 118 valence electrons. The summed E-state index contributed by atoms with van der Waals surface area (Å²) in [4.78, 5) is 23.1. The molecular weight excluding hydrogens is 282 g/mol. The summed E-state index contributed by atoms with van der Waals surface area (Å²) in [5.41, 5.74) is 2.75. The molecule has 0 spiro atoms. The van der Waals surface area contributed by atoms with Gasteiger partial charge in [0, 0.05) is 17.3 Å². The van der Waals surface area contributed by atoms with Crippen molar-refractivity contribution in [3.05, 3.63) is 35.1 Å². The molecular formula is C17H21NO4. The highest BCUT2D eigenvalue weighted by Crippen LogP contribution is 2.25. The molecule has 0 atom stereocenters. The van der Waals surface area contributed by atoms with Crippen LogP contribution in [0.15, 0.2) is 22.8 Å². The Labute approximate surface area is 129 Å². The first-order chi connectivity index (χ1) is 10.2. The van der Waals surface area contributed by atoms with E-state index in [1.807, 2.05) is 39.8 Å². The van der Waals surface area contributed by atoms with Crippen LogP contribution >= 0.6 is 0 Å². The van der Waals surface area contributed by atoms with Crippen LogP contribution in [-0.2, 0) is 4.79 Å². The summed E-state index contributed by atoms with van der Waals surface area (Å²) in [6, 6.07) is 3.85. The zero-order valence-corrected chi connectivity index (χ0v) is 13.3. The number of hydrogen-bond donors (Lipinski definition) is 2. The molecule has 0 aliphatic carbocycles. The van der Waals surface area contributed by atoms with Gasteiger partial charge in [-0.1, -0.05) is 0 Å². The van der Waals surface area contributed by atoms with Crippen LogP contribution in [0.25, 0.3) is 11.0 Å². The van der Waals surface area contributed by atoms with Crippen LogP contribution in [0.2, 0.25) is 0 Å². The lowest BCUT2D eigenvalue weighted by Crippen LogP contribution is -2.43. The van der Waals surface area contributed by atoms with Gasteiger partial charge >= 0.3 is 5.97 Å². The molecule has 5 nitrogen and oxygen atoms in total. The third kappa shape index (κ3) is 3.47. The number of carboxylic acid groups (broad SMARTS) is 1. The Bertz CT molecular complexity index is 728. The van der Waals surface area contributed by atoms with Crippen LogP contribution in [0.5, 0.6) is 0 Å². The summed E-state index contributed by atoms with van der Waals surface area (Å²) < 4.78 is 5.46. The minimum absolute atomic E-state index is 0.0116. The second kappa shape index (κ2) is 5.83. The van der Waals surface area contributed by atoms with Gasteiger partial charge in [0.25, 0.3) is 5.91 Å². The number of benzene rings is 1. The second-order valence-corrected chi connectivity index (χ2v) is 6.31. The number of carbonyl (C=O) groups is 2. The van der Waals surface area contributed by atoms with Crippen molar-refractivity contribution in [1.29, 1.82) is 0 Å². The van der Waals surface area contributed by atoms with E-state index in [1.165, 1.54) is 6.26 Å². The van der Waals surface area contributed by atoms with Crippen molar-refractivity contribution in [3.8, 4) is 0 Å². The lowest BCUT2D eigenvalue weighted by molar-refractivity contribution is -0.137. The van der Waals surface area contributed by atoms with Gasteiger partial charge in [-0.25, -0.2) is 0 Å². The zero-order chi connectivity index (χ0) is 16.5. The predicted molar refractivity (Wildman–Crippen MR) is 84.1 cm³/mol. The molecule has 1 heterocycles. The molecule has 1 aromatic heterocycles. The first kappa shape index (κ1) is 16.1. The monoisotopic (exact) mass is 303 g/mol. The highest BCUT2D eigenvalue weighted by Gasteiger charge is 2.24. The summed E-state index contributed by atoms with van der Waals surface area (Å²) in [7, 11) is 0. The number of carbonyl (C=O) groups excluding carboxylic acids is 1. The third-order valence-electron chi connectivity index (χ3n) is 3.85. The maximum atomic E-state index is 12.5. The maximum Gasteiger partial charge on any atom is 0.303 e. The van der Waals surface area contributed by atoms with Gasteiger partial charge in [-0.2, -0.15) is 0 Å². The first-order valence-electron chi connectivity index (χ1n) is 7.22. The molecule has 0 radical (unpaired) electrons. The fourth-order valence-electron chi connectivity index (χ4n) is 2.32. The SMILES string of the molecule is Cc1cc2occ(C(=O)NC(C)(C)CCC(=O)O)c2cc1C. The Morgan fingerprint density at radius 1 is 1.23 bits per heavy atom. The van der Waals surface area contributed by atoms with E-state index < -0.39 is 11.5 Å². The molecule has 1 aromatic carbocycles. The minimum Gasteiger partial charge on any atom is -0.481 e. The van der Waals surface area contributed by atoms with Gasteiger partial charge in [0.1, 0.15) is 11.8 Å². The van der Waals surface area contributed by atoms with Crippen molar-refractivity contribution in [2.24, 2.45) is 0 Å². The van der Waals surface area contributed by atoms with Crippen LogP contribution in [0.4, 0.5) is 0 Å². The smallest absolute Gasteiger partial charge is 0.303 e. The standard InChI is InChI=1S/C17H21NO4/c1-10-7-12-13(9-22-14(12)8-11(10)2)16(21)18-17(3,4)6-5-15(19)20/h7-9H,5-6H2,1-4H3,(H,18,21)(H,19,20). The lowest BCUT2D eigenvalue weighted by Gasteiger charge is -2.25. The minimum atomic E-state index is -0.873. The molecule has 0 fully saturated rings.